The first kappa shape index (κ1) is 20.6. The van der Waals surface area contributed by atoms with Gasteiger partial charge >= 0.3 is 0 Å². The van der Waals surface area contributed by atoms with Crippen LogP contribution in [0.4, 0.5) is 10.1 Å². The van der Waals surface area contributed by atoms with Crippen LogP contribution in [0.3, 0.4) is 0 Å². The second kappa shape index (κ2) is 7.67. The third kappa shape index (κ3) is 3.46. The number of hydrogen-bond acceptors (Lipinski definition) is 4. The molecular weight excluding hydrogens is 415 g/mol. The quantitative estimate of drug-likeness (QED) is 0.219. The third-order valence-electron chi connectivity index (χ3n) is 5.91. The Hall–Kier alpha value is -4.32. The van der Waals surface area contributed by atoms with Crippen molar-refractivity contribution in [2.24, 2.45) is 0 Å². The van der Waals surface area contributed by atoms with Crippen molar-refractivity contribution in [1.29, 1.82) is 5.41 Å². The Kier molecular flexibility index (Phi) is 4.78. The van der Waals surface area contributed by atoms with E-state index in [1.54, 1.807) is 48.9 Å². The van der Waals surface area contributed by atoms with E-state index in [-0.39, 0.29) is 11.4 Å². The molecule has 2 aromatic heterocycles. The summed E-state index contributed by atoms with van der Waals surface area (Å²) in [4.78, 5) is 17.6. The van der Waals surface area contributed by atoms with Gasteiger partial charge in [0.1, 0.15) is 5.82 Å². The van der Waals surface area contributed by atoms with Crippen LogP contribution in [0.2, 0.25) is 0 Å². The van der Waals surface area contributed by atoms with Gasteiger partial charge < -0.3 is 11.1 Å². The number of pyridine rings is 2. The fourth-order valence-electron chi connectivity index (χ4n) is 4.18. The van der Waals surface area contributed by atoms with Gasteiger partial charge in [-0.25, -0.2) is 4.39 Å². The summed E-state index contributed by atoms with van der Waals surface area (Å²) in [5.41, 5.74) is 11.8. The first-order valence-electron chi connectivity index (χ1n) is 10.5. The summed E-state index contributed by atoms with van der Waals surface area (Å²) in [6.45, 7) is 3.38. The first-order chi connectivity index (χ1) is 15.8. The number of hydrogen-bond donors (Lipinski definition) is 2. The molecule has 0 spiro atoms. The van der Waals surface area contributed by atoms with Crippen LogP contribution < -0.4 is 11.3 Å². The molecule has 3 aromatic carbocycles. The molecule has 5 aromatic rings. The largest absolute Gasteiger partial charge is 0.398 e. The van der Waals surface area contributed by atoms with Crippen molar-refractivity contribution in [2.75, 3.05) is 5.73 Å². The van der Waals surface area contributed by atoms with Gasteiger partial charge in [0.15, 0.2) is 0 Å². The lowest BCUT2D eigenvalue weighted by atomic mass is 9.98. The summed E-state index contributed by atoms with van der Waals surface area (Å²) in [6.07, 6.45) is 1.74. The molecule has 33 heavy (non-hydrogen) atoms. The molecule has 0 aliphatic carbocycles. The van der Waals surface area contributed by atoms with Crippen LogP contribution in [-0.4, -0.2) is 15.3 Å². The molecule has 0 radical (unpaired) electrons. The second-order valence-corrected chi connectivity index (χ2v) is 8.16. The number of nitrogens with zero attached hydrogens (tertiary/aromatic N) is 2. The molecule has 0 fully saturated rings. The topological polar surface area (TPSA) is 84.8 Å². The molecule has 6 heteroatoms. The summed E-state index contributed by atoms with van der Waals surface area (Å²) in [5.74, 6) is -0.318. The zero-order chi connectivity index (χ0) is 23.3. The van der Waals surface area contributed by atoms with Crippen molar-refractivity contribution in [3.8, 4) is 16.8 Å². The standard InChI is InChI=1S/C27H21FN4O/c1-15-11-20(6-7-23(15)28)32-26(33)10-5-19-14-31-25-9-4-18(13-22(25)27(19)32)17-3-8-24(30)21(12-17)16(2)29/h3-14,29H,30H2,1-2H3. The fourth-order valence-corrected chi connectivity index (χ4v) is 4.18. The number of nitrogens with two attached hydrogens (primary N) is 1. The molecule has 0 saturated carbocycles. The maximum atomic E-state index is 13.9. The Balaban J connectivity index is 1.83. The number of fused-ring (bicyclic) bond motifs is 3. The average Bonchev–Trinajstić information content (AvgIpc) is 2.80. The Morgan fingerprint density at radius 2 is 1.76 bits per heavy atom. The summed E-state index contributed by atoms with van der Waals surface area (Å²) < 4.78 is 15.5. The molecule has 162 valence electrons. The molecule has 0 aliphatic rings. The highest BCUT2D eigenvalue weighted by Crippen LogP contribution is 2.31. The highest BCUT2D eigenvalue weighted by Gasteiger charge is 2.13. The van der Waals surface area contributed by atoms with E-state index in [0.29, 0.717) is 33.7 Å². The lowest BCUT2D eigenvalue weighted by Gasteiger charge is -2.14. The zero-order valence-electron chi connectivity index (χ0n) is 18.2. The molecule has 0 amide bonds. The van der Waals surface area contributed by atoms with Crippen LogP contribution in [0.25, 0.3) is 38.6 Å². The van der Waals surface area contributed by atoms with Crippen LogP contribution in [0.15, 0.2) is 77.7 Å². The number of anilines is 1. The molecule has 2 heterocycles. The van der Waals surface area contributed by atoms with Gasteiger partial charge in [0.05, 0.1) is 11.0 Å². The average molecular weight is 436 g/mol. The van der Waals surface area contributed by atoms with Gasteiger partial charge in [0.25, 0.3) is 5.56 Å². The highest BCUT2D eigenvalue weighted by molar-refractivity contribution is 6.06. The van der Waals surface area contributed by atoms with Gasteiger partial charge in [0, 0.05) is 45.7 Å². The lowest BCUT2D eigenvalue weighted by Crippen LogP contribution is -2.18. The molecule has 0 aliphatic heterocycles. The Morgan fingerprint density at radius 1 is 1.00 bits per heavy atom. The number of nitrogen functional groups attached to an aromatic ring is 1. The van der Waals surface area contributed by atoms with E-state index in [0.717, 1.165) is 27.4 Å². The maximum absolute atomic E-state index is 13.9. The zero-order valence-corrected chi connectivity index (χ0v) is 18.2. The van der Waals surface area contributed by atoms with Crippen LogP contribution >= 0.6 is 0 Å². The minimum atomic E-state index is -0.318. The van der Waals surface area contributed by atoms with Crippen molar-refractivity contribution in [2.45, 2.75) is 13.8 Å². The fraction of sp³-hybridized carbons (Fsp3) is 0.0741. The van der Waals surface area contributed by atoms with E-state index < -0.39 is 0 Å². The van der Waals surface area contributed by atoms with Crippen molar-refractivity contribution in [3.63, 3.8) is 0 Å². The molecule has 0 atom stereocenters. The highest BCUT2D eigenvalue weighted by atomic mass is 19.1. The predicted octanol–water partition coefficient (Wildman–Crippen LogP) is 5.62. The van der Waals surface area contributed by atoms with E-state index in [9.17, 15) is 9.18 Å². The van der Waals surface area contributed by atoms with Gasteiger partial charge in [0.2, 0.25) is 0 Å². The summed E-state index contributed by atoms with van der Waals surface area (Å²) in [7, 11) is 0. The number of benzene rings is 3. The van der Waals surface area contributed by atoms with E-state index in [1.165, 1.54) is 12.1 Å². The van der Waals surface area contributed by atoms with Crippen LogP contribution in [0.1, 0.15) is 18.1 Å². The van der Waals surface area contributed by atoms with Crippen molar-refractivity contribution in [3.05, 3.63) is 100 Å². The van der Waals surface area contributed by atoms with Gasteiger partial charge in [-0.1, -0.05) is 12.1 Å². The number of rotatable bonds is 3. The van der Waals surface area contributed by atoms with Crippen molar-refractivity contribution in [1.82, 2.24) is 9.55 Å². The van der Waals surface area contributed by atoms with Crippen LogP contribution in [-0.2, 0) is 0 Å². The maximum Gasteiger partial charge on any atom is 0.255 e. The van der Waals surface area contributed by atoms with E-state index in [1.807, 2.05) is 30.3 Å². The van der Waals surface area contributed by atoms with Gasteiger partial charge in [-0.3, -0.25) is 14.3 Å². The van der Waals surface area contributed by atoms with E-state index in [4.69, 9.17) is 11.1 Å². The Bertz CT molecular complexity index is 1650. The second-order valence-electron chi connectivity index (χ2n) is 8.16. The first-order valence-corrected chi connectivity index (χ1v) is 10.5. The Labute approximate surface area is 189 Å². The molecule has 3 N–H and O–H groups in total. The van der Waals surface area contributed by atoms with Crippen molar-refractivity contribution >= 4 is 33.2 Å². The van der Waals surface area contributed by atoms with Gasteiger partial charge in [-0.2, -0.15) is 0 Å². The number of aromatic nitrogens is 2. The molecule has 0 unspecified atom stereocenters. The van der Waals surface area contributed by atoms with Crippen LogP contribution in [0.5, 0.6) is 0 Å². The third-order valence-corrected chi connectivity index (χ3v) is 5.91. The van der Waals surface area contributed by atoms with E-state index >= 15 is 0 Å². The number of halogens is 1. The summed E-state index contributed by atoms with van der Waals surface area (Å²) >= 11 is 0. The predicted molar refractivity (Wildman–Crippen MR) is 132 cm³/mol. The molecular formula is C27H21FN4O. The molecule has 0 saturated heterocycles. The molecule has 5 nitrogen and oxygen atoms in total. The lowest BCUT2D eigenvalue weighted by molar-refractivity contribution is 0.618. The van der Waals surface area contributed by atoms with Gasteiger partial charge in [-0.15, -0.1) is 0 Å². The minimum absolute atomic E-state index is 0.208. The number of nitrogens with one attached hydrogen (secondary N) is 1. The Morgan fingerprint density at radius 3 is 2.52 bits per heavy atom. The summed E-state index contributed by atoms with van der Waals surface area (Å²) in [5, 5.41) is 9.60. The normalized spacial score (nSPS) is 11.2. The van der Waals surface area contributed by atoms with Crippen molar-refractivity contribution < 1.29 is 4.39 Å². The molecule has 5 rings (SSSR count). The summed E-state index contributed by atoms with van der Waals surface area (Å²) in [6, 6.07) is 19.4. The monoisotopic (exact) mass is 436 g/mol. The molecule has 0 bridgehead atoms. The number of aryl methyl sites for hydroxylation is 1. The smallest absolute Gasteiger partial charge is 0.255 e. The minimum Gasteiger partial charge on any atom is -0.398 e. The SMILES string of the molecule is CC(=N)c1cc(-c2ccc3ncc4ccc(=O)n(-c5ccc(F)c(C)c5)c4c3c2)ccc1N. The van der Waals surface area contributed by atoms with Crippen LogP contribution in [0, 0.1) is 18.2 Å². The van der Waals surface area contributed by atoms with Gasteiger partial charge in [-0.05, 0) is 79.1 Å². The van der Waals surface area contributed by atoms with E-state index in [2.05, 4.69) is 4.98 Å².